The zero-order valence-corrected chi connectivity index (χ0v) is 10.2. The van der Waals surface area contributed by atoms with Crippen LogP contribution in [0.25, 0.3) is 0 Å². The van der Waals surface area contributed by atoms with E-state index in [9.17, 15) is 9.18 Å². The summed E-state index contributed by atoms with van der Waals surface area (Å²) in [6, 6.07) is 3.45. The van der Waals surface area contributed by atoms with Crippen LogP contribution in [-0.2, 0) is 0 Å². The Balaban J connectivity index is 2.76. The predicted molar refractivity (Wildman–Crippen MR) is 64.8 cm³/mol. The van der Waals surface area contributed by atoms with Gasteiger partial charge in [0.1, 0.15) is 5.82 Å². The van der Waals surface area contributed by atoms with Crippen LogP contribution < -0.4 is 5.32 Å². The van der Waals surface area contributed by atoms with Crippen molar-refractivity contribution in [2.45, 2.75) is 6.92 Å². The second kappa shape index (κ2) is 6.42. The van der Waals surface area contributed by atoms with Crippen molar-refractivity contribution >= 4 is 23.3 Å². The fourth-order valence-corrected chi connectivity index (χ4v) is 1.48. The third kappa shape index (κ3) is 3.87. The van der Waals surface area contributed by atoms with Gasteiger partial charge in [-0.3, -0.25) is 0 Å². The Bertz CT molecular complexity index is 401. The van der Waals surface area contributed by atoms with Gasteiger partial charge in [-0.25, -0.2) is 9.18 Å². The van der Waals surface area contributed by atoms with E-state index in [1.807, 2.05) is 0 Å². The van der Waals surface area contributed by atoms with Crippen LogP contribution in [0.1, 0.15) is 6.92 Å². The monoisotopic (exact) mass is 260 g/mol. The Hall–Kier alpha value is -1.33. The van der Waals surface area contributed by atoms with Crippen LogP contribution in [0.3, 0.4) is 0 Å². The molecule has 0 fully saturated rings. The lowest BCUT2D eigenvalue weighted by molar-refractivity contribution is 0.192. The van der Waals surface area contributed by atoms with Crippen LogP contribution in [0.5, 0.6) is 0 Å². The molecule has 17 heavy (non-hydrogen) atoms. The molecule has 0 radical (unpaired) electrons. The average Bonchev–Trinajstić information content (AvgIpc) is 2.30. The summed E-state index contributed by atoms with van der Waals surface area (Å²) in [5, 5.41) is 11.5. The van der Waals surface area contributed by atoms with Crippen LogP contribution in [0.15, 0.2) is 18.2 Å². The molecule has 0 aliphatic carbocycles. The standard InChI is InChI=1S/C11H14ClFN2O2/c1-2-15(5-6-16)11(17)14-10-7-8(12)3-4-9(10)13/h3-4,7,16H,2,5-6H2,1H3,(H,14,17). The molecule has 0 heterocycles. The quantitative estimate of drug-likeness (QED) is 0.873. The van der Waals surface area contributed by atoms with E-state index in [1.54, 1.807) is 6.92 Å². The summed E-state index contributed by atoms with van der Waals surface area (Å²) in [4.78, 5) is 13.1. The molecule has 0 saturated heterocycles. The highest BCUT2D eigenvalue weighted by Gasteiger charge is 2.13. The molecule has 0 aliphatic rings. The molecule has 0 atom stereocenters. The normalized spacial score (nSPS) is 10.1. The molecule has 2 amide bonds. The highest BCUT2D eigenvalue weighted by Crippen LogP contribution is 2.19. The van der Waals surface area contributed by atoms with Crippen molar-refractivity contribution in [3.05, 3.63) is 29.0 Å². The largest absolute Gasteiger partial charge is 0.395 e. The first kappa shape index (κ1) is 13.7. The Morgan fingerprint density at radius 1 is 1.59 bits per heavy atom. The van der Waals surface area contributed by atoms with Gasteiger partial charge in [0, 0.05) is 18.1 Å². The number of nitrogens with one attached hydrogen (secondary N) is 1. The zero-order valence-electron chi connectivity index (χ0n) is 9.41. The molecule has 1 aromatic carbocycles. The van der Waals surface area contributed by atoms with E-state index in [2.05, 4.69) is 5.32 Å². The molecule has 4 nitrogen and oxygen atoms in total. The molecule has 1 rings (SSSR count). The summed E-state index contributed by atoms with van der Waals surface area (Å²) < 4.78 is 13.3. The zero-order chi connectivity index (χ0) is 12.8. The van der Waals surface area contributed by atoms with Crippen LogP contribution in [0.2, 0.25) is 5.02 Å². The number of halogens is 2. The number of carbonyl (C=O) groups is 1. The third-order valence-electron chi connectivity index (χ3n) is 2.21. The van der Waals surface area contributed by atoms with E-state index in [0.717, 1.165) is 0 Å². The van der Waals surface area contributed by atoms with Gasteiger partial charge in [-0.05, 0) is 25.1 Å². The van der Waals surface area contributed by atoms with Gasteiger partial charge >= 0.3 is 6.03 Å². The molecule has 0 saturated carbocycles. The minimum Gasteiger partial charge on any atom is -0.395 e. The number of hydrogen-bond acceptors (Lipinski definition) is 2. The second-order valence-electron chi connectivity index (χ2n) is 3.36. The predicted octanol–water partition coefficient (Wildman–Crippen LogP) is 2.33. The van der Waals surface area contributed by atoms with E-state index in [1.165, 1.54) is 23.1 Å². The fraction of sp³-hybridized carbons (Fsp3) is 0.364. The van der Waals surface area contributed by atoms with Crippen molar-refractivity contribution in [2.75, 3.05) is 25.0 Å². The molecule has 0 aromatic heterocycles. The van der Waals surface area contributed by atoms with Gasteiger partial charge < -0.3 is 15.3 Å². The number of rotatable bonds is 4. The molecule has 1 aromatic rings. The van der Waals surface area contributed by atoms with Gasteiger partial charge in [0.05, 0.1) is 12.3 Å². The maximum atomic E-state index is 13.3. The number of likely N-dealkylation sites (N-methyl/N-ethyl adjacent to an activating group) is 1. The molecular formula is C11H14ClFN2O2. The lowest BCUT2D eigenvalue weighted by atomic mass is 10.3. The lowest BCUT2D eigenvalue weighted by Gasteiger charge is -2.20. The van der Waals surface area contributed by atoms with E-state index in [-0.39, 0.29) is 18.8 Å². The number of urea groups is 1. The molecule has 0 unspecified atom stereocenters. The van der Waals surface area contributed by atoms with Gasteiger partial charge in [-0.1, -0.05) is 11.6 Å². The van der Waals surface area contributed by atoms with Crippen LogP contribution in [0.4, 0.5) is 14.9 Å². The summed E-state index contributed by atoms with van der Waals surface area (Å²) in [5.41, 5.74) is 0.0267. The van der Waals surface area contributed by atoms with Crippen molar-refractivity contribution in [3.8, 4) is 0 Å². The maximum Gasteiger partial charge on any atom is 0.321 e. The number of hydrogen-bond donors (Lipinski definition) is 2. The lowest BCUT2D eigenvalue weighted by Crippen LogP contribution is -2.37. The Kier molecular flexibility index (Phi) is 5.18. The van der Waals surface area contributed by atoms with Gasteiger partial charge in [-0.2, -0.15) is 0 Å². The molecular weight excluding hydrogens is 247 g/mol. The minimum atomic E-state index is -0.553. The first-order valence-corrected chi connectivity index (χ1v) is 5.58. The summed E-state index contributed by atoms with van der Waals surface area (Å²) >= 11 is 5.70. The van der Waals surface area contributed by atoms with Crippen LogP contribution in [-0.4, -0.2) is 35.7 Å². The summed E-state index contributed by atoms with van der Waals surface area (Å²) in [6.07, 6.45) is 0. The summed E-state index contributed by atoms with van der Waals surface area (Å²) in [6.45, 7) is 2.25. The Labute approximate surface area is 104 Å². The number of anilines is 1. The van der Waals surface area contributed by atoms with E-state index in [4.69, 9.17) is 16.7 Å². The highest BCUT2D eigenvalue weighted by molar-refractivity contribution is 6.30. The SMILES string of the molecule is CCN(CCO)C(=O)Nc1cc(Cl)ccc1F. The number of benzene rings is 1. The molecule has 0 aliphatic heterocycles. The van der Waals surface area contributed by atoms with Gasteiger partial charge in [0.15, 0.2) is 0 Å². The molecule has 0 bridgehead atoms. The number of carbonyl (C=O) groups excluding carboxylic acids is 1. The van der Waals surface area contributed by atoms with Gasteiger partial charge in [0.25, 0.3) is 0 Å². The Morgan fingerprint density at radius 3 is 2.88 bits per heavy atom. The van der Waals surface area contributed by atoms with Crippen molar-refractivity contribution in [2.24, 2.45) is 0 Å². The average molecular weight is 261 g/mol. The topological polar surface area (TPSA) is 52.6 Å². The van der Waals surface area contributed by atoms with Gasteiger partial charge in [-0.15, -0.1) is 0 Å². The number of aliphatic hydroxyl groups excluding tert-OH is 1. The molecule has 0 spiro atoms. The second-order valence-corrected chi connectivity index (χ2v) is 3.79. The summed E-state index contributed by atoms with van der Waals surface area (Å²) in [7, 11) is 0. The van der Waals surface area contributed by atoms with E-state index in [0.29, 0.717) is 11.6 Å². The molecule has 2 N–H and O–H groups in total. The number of aliphatic hydroxyl groups is 1. The van der Waals surface area contributed by atoms with Crippen LogP contribution in [0, 0.1) is 5.82 Å². The molecule has 6 heteroatoms. The highest BCUT2D eigenvalue weighted by atomic mass is 35.5. The smallest absolute Gasteiger partial charge is 0.321 e. The van der Waals surface area contributed by atoms with E-state index >= 15 is 0 Å². The van der Waals surface area contributed by atoms with Crippen molar-refractivity contribution < 1.29 is 14.3 Å². The van der Waals surface area contributed by atoms with Crippen molar-refractivity contribution in [3.63, 3.8) is 0 Å². The Morgan fingerprint density at radius 2 is 2.29 bits per heavy atom. The number of nitrogens with zero attached hydrogens (tertiary/aromatic N) is 1. The number of amides is 2. The van der Waals surface area contributed by atoms with Crippen LogP contribution >= 0.6 is 11.6 Å². The fourth-order valence-electron chi connectivity index (χ4n) is 1.31. The first-order chi connectivity index (χ1) is 8.08. The summed E-state index contributed by atoms with van der Waals surface area (Å²) in [5.74, 6) is -0.553. The van der Waals surface area contributed by atoms with Gasteiger partial charge in [0.2, 0.25) is 0 Å². The van der Waals surface area contributed by atoms with Crippen molar-refractivity contribution in [1.82, 2.24) is 4.90 Å². The third-order valence-corrected chi connectivity index (χ3v) is 2.44. The van der Waals surface area contributed by atoms with E-state index < -0.39 is 11.8 Å². The molecule has 94 valence electrons. The first-order valence-electron chi connectivity index (χ1n) is 5.20. The van der Waals surface area contributed by atoms with Crippen molar-refractivity contribution in [1.29, 1.82) is 0 Å². The maximum absolute atomic E-state index is 13.3. The minimum absolute atomic E-state index is 0.0267.